The van der Waals surface area contributed by atoms with E-state index in [1.54, 1.807) is 38.1 Å². The lowest BCUT2D eigenvalue weighted by Gasteiger charge is -2.16. The summed E-state index contributed by atoms with van der Waals surface area (Å²) >= 11 is 0. The molecule has 152 valence electrons. The molecule has 0 fully saturated rings. The highest BCUT2D eigenvalue weighted by Gasteiger charge is 2.18. The highest BCUT2D eigenvalue weighted by molar-refractivity contribution is 7.88. The van der Waals surface area contributed by atoms with Crippen molar-refractivity contribution in [2.24, 2.45) is 11.7 Å². The first-order chi connectivity index (χ1) is 12.5. The molecule has 0 aliphatic heterocycles. The maximum absolute atomic E-state index is 12.1. The van der Waals surface area contributed by atoms with Crippen LogP contribution in [0.15, 0.2) is 24.3 Å². The summed E-state index contributed by atoms with van der Waals surface area (Å²) < 4.78 is 26.8. The predicted molar refractivity (Wildman–Crippen MR) is 105 cm³/mol. The van der Waals surface area contributed by atoms with Crippen LogP contribution >= 0.6 is 0 Å². The molecule has 8 nitrogen and oxygen atoms in total. The van der Waals surface area contributed by atoms with Gasteiger partial charge in [0.2, 0.25) is 21.8 Å². The van der Waals surface area contributed by atoms with Crippen molar-refractivity contribution in [1.29, 1.82) is 0 Å². The van der Waals surface area contributed by atoms with Crippen LogP contribution in [0, 0.1) is 5.92 Å². The van der Waals surface area contributed by atoms with Gasteiger partial charge in [-0.05, 0) is 30.9 Å². The number of sulfonamides is 1. The van der Waals surface area contributed by atoms with Gasteiger partial charge in [0.05, 0.1) is 18.3 Å². The molecule has 0 aliphatic rings. The molecule has 0 aromatic heterocycles. The second kappa shape index (κ2) is 10.4. The van der Waals surface area contributed by atoms with Gasteiger partial charge in [-0.2, -0.15) is 0 Å². The lowest BCUT2D eigenvalue weighted by Crippen LogP contribution is -2.47. The zero-order valence-electron chi connectivity index (χ0n) is 16.3. The molecule has 1 aromatic rings. The van der Waals surface area contributed by atoms with Gasteiger partial charge in [0.1, 0.15) is 0 Å². The van der Waals surface area contributed by atoms with E-state index in [1.807, 2.05) is 13.8 Å². The number of hydrogen-bond donors (Lipinski definition) is 4. The first kappa shape index (κ1) is 23.1. The van der Waals surface area contributed by atoms with E-state index in [9.17, 15) is 18.0 Å². The monoisotopic (exact) mass is 398 g/mol. The highest BCUT2D eigenvalue weighted by Crippen LogP contribution is 2.12. The first-order valence-corrected chi connectivity index (χ1v) is 10.5. The number of amides is 2. The second-order valence-electron chi connectivity index (χ2n) is 7.06. The molecule has 0 unspecified atom stereocenters. The largest absolute Gasteiger partial charge is 0.350 e. The van der Waals surface area contributed by atoms with Crippen LogP contribution in [0.3, 0.4) is 0 Å². The molecule has 0 spiro atoms. The Morgan fingerprint density at radius 2 is 1.63 bits per heavy atom. The Hall–Kier alpha value is -1.97. The summed E-state index contributed by atoms with van der Waals surface area (Å²) in [6, 6.07) is 6.13. The third kappa shape index (κ3) is 8.51. The molecule has 5 N–H and O–H groups in total. The van der Waals surface area contributed by atoms with Crippen LogP contribution in [0.2, 0.25) is 0 Å². The number of hydrogen-bond acceptors (Lipinski definition) is 5. The maximum atomic E-state index is 12.1. The van der Waals surface area contributed by atoms with Gasteiger partial charge >= 0.3 is 0 Å². The van der Waals surface area contributed by atoms with Crippen molar-refractivity contribution in [1.82, 2.24) is 15.4 Å². The SMILES string of the molecule is CC(C)NS(=O)(=O)Cc1ccccc1CNC(=O)CNC(=O)[C@@H](N)C(C)C. The fraction of sp³-hybridized carbons (Fsp3) is 0.556. The number of rotatable bonds is 10. The Balaban J connectivity index is 2.63. The summed E-state index contributed by atoms with van der Waals surface area (Å²) in [6.07, 6.45) is 0. The first-order valence-electron chi connectivity index (χ1n) is 8.88. The summed E-state index contributed by atoms with van der Waals surface area (Å²) in [4.78, 5) is 23.7. The Kier molecular flexibility index (Phi) is 8.87. The molecule has 0 saturated carbocycles. The Labute approximate surface area is 161 Å². The standard InChI is InChI=1S/C18H30N4O4S/c1-12(2)17(19)18(24)21-10-16(23)20-9-14-7-5-6-8-15(14)11-27(25,26)22-13(3)4/h5-8,12-13,17,22H,9-11,19H2,1-4H3,(H,20,23)(H,21,24)/t17-/m0/s1. The predicted octanol–water partition coefficient (Wildman–Crippen LogP) is 0.230. The van der Waals surface area contributed by atoms with Gasteiger partial charge in [-0.25, -0.2) is 13.1 Å². The van der Waals surface area contributed by atoms with E-state index in [1.165, 1.54) is 0 Å². The summed E-state index contributed by atoms with van der Waals surface area (Å²) in [5, 5.41) is 5.17. The molecule has 1 atom stereocenters. The van der Waals surface area contributed by atoms with Crippen LogP contribution < -0.4 is 21.1 Å². The average molecular weight is 399 g/mol. The number of nitrogens with two attached hydrogens (primary N) is 1. The smallest absolute Gasteiger partial charge is 0.239 e. The molecule has 0 saturated heterocycles. The van der Waals surface area contributed by atoms with Crippen LogP contribution in [0.1, 0.15) is 38.8 Å². The number of carbonyl (C=O) groups is 2. The minimum absolute atomic E-state index is 0.0265. The third-order valence-electron chi connectivity index (χ3n) is 3.80. The van der Waals surface area contributed by atoms with E-state index in [2.05, 4.69) is 15.4 Å². The van der Waals surface area contributed by atoms with Gasteiger partial charge in [0, 0.05) is 12.6 Å². The average Bonchev–Trinajstić information content (AvgIpc) is 2.56. The lowest BCUT2D eigenvalue weighted by atomic mass is 10.1. The van der Waals surface area contributed by atoms with Crippen molar-refractivity contribution in [2.75, 3.05) is 6.54 Å². The summed E-state index contributed by atoms with van der Waals surface area (Å²) in [5.74, 6) is -0.956. The van der Waals surface area contributed by atoms with E-state index >= 15 is 0 Å². The molecule has 0 aliphatic carbocycles. The zero-order chi connectivity index (χ0) is 20.6. The van der Waals surface area contributed by atoms with Crippen molar-refractivity contribution in [3.63, 3.8) is 0 Å². The van der Waals surface area contributed by atoms with Crippen LogP contribution in [0.25, 0.3) is 0 Å². The minimum atomic E-state index is -3.47. The van der Waals surface area contributed by atoms with Crippen LogP contribution in [-0.4, -0.2) is 38.9 Å². The Morgan fingerprint density at radius 3 is 2.19 bits per heavy atom. The van der Waals surface area contributed by atoms with Crippen molar-refractivity contribution in [2.45, 2.75) is 52.1 Å². The van der Waals surface area contributed by atoms with Crippen LogP contribution in [-0.2, 0) is 31.9 Å². The molecule has 9 heteroatoms. The van der Waals surface area contributed by atoms with Crippen molar-refractivity contribution in [3.05, 3.63) is 35.4 Å². The Morgan fingerprint density at radius 1 is 1.04 bits per heavy atom. The van der Waals surface area contributed by atoms with Crippen molar-refractivity contribution in [3.8, 4) is 0 Å². The molecule has 1 rings (SSSR count). The fourth-order valence-corrected chi connectivity index (χ4v) is 3.81. The number of benzene rings is 1. The third-order valence-corrected chi connectivity index (χ3v) is 5.32. The topological polar surface area (TPSA) is 130 Å². The highest BCUT2D eigenvalue weighted by atomic mass is 32.2. The van der Waals surface area contributed by atoms with E-state index in [0.717, 1.165) is 0 Å². The normalized spacial score (nSPS) is 12.9. The van der Waals surface area contributed by atoms with Crippen LogP contribution in [0.4, 0.5) is 0 Å². The summed E-state index contributed by atoms with van der Waals surface area (Å²) in [7, 11) is -3.47. The van der Waals surface area contributed by atoms with Crippen LogP contribution in [0.5, 0.6) is 0 Å². The molecule has 0 radical (unpaired) electrons. The molecule has 2 amide bonds. The fourth-order valence-electron chi connectivity index (χ4n) is 2.32. The summed E-state index contributed by atoms with van der Waals surface area (Å²) in [5.41, 5.74) is 7.03. The van der Waals surface area contributed by atoms with Crippen molar-refractivity contribution >= 4 is 21.8 Å². The lowest BCUT2D eigenvalue weighted by molar-refractivity contribution is -0.127. The van der Waals surface area contributed by atoms with E-state index in [4.69, 9.17) is 5.73 Å². The van der Waals surface area contributed by atoms with E-state index < -0.39 is 16.1 Å². The molecule has 27 heavy (non-hydrogen) atoms. The molecule has 1 aromatic carbocycles. The van der Waals surface area contributed by atoms with E-state index in [-0.39, 0.29) is 42.6 Å². The van der Waals surface area contributed by atoms with Crippen molar-refractivity contribution < 1.29 is 18.0 Å². The number of carbonyl (C=O) groups excluding carboxylic acids is 2. The van der Waals surface area contributed by atoms with Gasteiger partial charge in [-0.15, -0.1) is 0 Å². The number of nitrogens with one attached hydrogen (secondary N) is 3. The molecule has 0 heterocycles. The maximum Gasteiger partial charge on any atom is 0.239 e. The minimum Gasteiger partial charge on any atom is -0.350 e. The van der Waals surface area contributed by atoms with Gasteiger partial charge in [0.15, 0.2) is 0 Å². The quantitative estimate of drug-likeness (QED) is 0.448. The van der Waals surface area contributed by atoms with Gasteiger partial charge in [-0.1, -0.05) is 38.1 Å². The van der Waals surface area contributed by atoms with Gasteiger partial charge < -0.3 is 16.4 Å². The molecular formula is C18H30N4O4S. The summed E-state index contributed by atoms with van der Waals surface area (Å²) in [6.45, 7) is 7.13. The molecule has 0 bridgehead atoms. The zero-order valence-corrected chi connectivity index (χ0v) is 17.1. The van der Waals surface area contributed by atoms with Gasteiger partial charge in [-0.3, -0.25) is 9.59 Å². The Bertz CT molecular complexity index is 747. The van der Waals surface area contributed by atoms with E-state index in [0.29, 0.717) is 11.1 Å². The second-order valence-corrected chi connectivity index (χ2v) is 8.82. The van der Waals surface area contributed by atoms with Gasteiger partial charge in [0.25, 0.3) is 0 Å². The molecular weight excluding hydrogens is 368 g/mol.